The number of carbonyl (C=O) groups is 2. The molecule has 4 heterocycles. The number of nitrogens with zero attached hydrogens (tertiary/aromatic N) is 4. The number of fused-ring (bicyclic) bond motifs is 2. The van der Waals surface area contributed by atoms with E-state index in [4.69, 9.17) is 13.6 Å². The molecule has 1 aliphatic rings. The van der Waals surface area contributed by atoms with E-state index < -0.39 is 28.6 Å². The summed E-state index contributed by atoms with van der Waals surface area (Å²) in [6.45, 7) is 6.77. The molecule has 0 spiro atoms. The molecular formula is C40H40FN5O7S. The molecule has 1 unspecified atom stereocenters. The lowest BCUT2D eigenvalue weighted by atomic mass is 9.94. The lowest BCUT2D eigenvalue weighted by Crippen LogP contribution is -2.43. The topological polar surface area (TPSA) is 151 Å². The third kappa shape index (κ3) is 7.91. The number of rotatable bonds is 9. The summed E-state index contributed by atoms with van der Waals surface area (Å²) >= 11 is -2.35. The third-order valence-corrected chi connectivity index (χ3v) is 10.1. The van der Waals surface area contributed by atoms with Crippen LogP contribution in [-0.4, -0.2) is 72.2 Å². The summed E-state index contributed by atoms with van der Waals surface area (Å²) in [5.41, 5.74) is 4.33. The van der Waals surface area contributed by atoms with E-state index in [9.17, 15) is 22.7 Å². The van der Waals surface area contributed by atoms with E-state index in [0.29, 0.717) is 82.8 Å². The van der Waals surface area contributed by atoms with Crippen LogP contribution < -0.4 is 5.32 Å². The minimum Gasteiger partial charge on any atom is -0.455 e. The van der Waals surface area contributed by atoms with Crippen molar-refractivity contribution in [1.82, 2.24) is 24.5 Å². The highest BCUT2D eigenvalue weighted by molar-refractivity contribution is 7.76. The lowest BCUT2D eigenvalue weighted by molar-refractivity contribution is 0.0177. The van der Waals surface area contributed by atoms with Crippen molar-refractivity contribution in [3.8, 4) is 33.9 Å². The SMILES string of the molecule is CNC(=O)c1c(-c2ccc(F)cc2)oc2cc(CN(CC3CCN(C(=O)OC(C)(C)C)CC3)S(=O)O)c(-c3cccc(-c4nc5ncccc5o4)c3)cc12. The fourth-order valence-electron chi connectivity index (χ4n) is 6.74. The van der Waals surface area contributed by atoms with Crippen LogP contribution in [0.25, 0.3) is 56.1 Å². The van der Waals surface area contributed by atoms with Gasteiger partial charge in [-0.3, -0.25) is 9.35 Å². The average molecular weight is 754 g/mol. The highest BCUT2D eigenvalue weighted by Gasteiger charge is 2.30. The first-order valence-electron chi connectivity index (χ1n) is 17.6. The number of ether oxygens (including phenoxy) is 1. The van der Waals surface area contributed by atoms with Gasteiger partial charge in [0.15, 0.2) is 11.2 Å². The normalized spacial score (nSPS) is 14.5. The Labute approximate surface area is 313 Å². The molecule has 54 heavy (non-hydrogen) atoms. The van der Waals surface area contributed by atoms with Gasteiger partial charge in [-0.2, -0.15) is 9.29 Å². The molecule has 1 atom stereocenters. The number of oxazole rings is 1. The van der Waals surface area contributed by atoms with Crippen LogP contribution in [0.1, 0.15) is 49.5 Å². The van der Waals surface area contributed by atoms with Gasteiger partial charge in [0, 0.05) is 55.9 Å². The monoisotopic (exact) mass is 753 g/mol. The largest absolute Gasteiger partial charge is 0.455 e. The van der Waals surface area contributed by atoms with E-state index in [1.165, 1.54) is 23.5 Å². The molecular weight excluding hydrogens is 714 g/mol. The number of aromatic nitrogens is 2. The Bertz CT molecular complexity index is 2330. The second kappa shape index (κ2) is 15.1. The van der Waals surface area contributed by atoms with Gasteiger partial charge >= 0.3 is 6.09 Å². The van der Waals surface area contributed by atoms with Gasteiger partial charge in [0.1, 0.15) is 22.8 Å². The van der Waals surface area contributed by atoms with Crippen molar-refractivity contribution in [3.05, 3.63) is 95.9 Å². The van der Waals surface area contributed by atoms with Crippen LogP contribution in [0.5, 0.6) is 0 Å². The van der Waals surface area contributed by atoms with Crippen molar-refractivity contribution in [2.45, 2.75) is 45.8 Å². The minimum atomic E-state index is -2.35. The van der Waals surface area contributed by atoms with E-state index in [1.54, 1.807) is 41.4 Å². The number of carbonyl (C=O) groups excluding carboxylic acids is 2. The fourth-order valence-corrected chi connectivity index (χ4v) is 7.33. The van der Waals surface area contributed by atoms with Gasteiger partial charge in [-0.25, -0.2) is 18.4 Å². The number of hydrogen-bond donors (Lipinski definition) is 2. The summed E-state index contributed by atoms with van der Waals surface area (Å²) in [5, 5.41) is 3.21. The maximum atomic E-state index is 13.9. The van der Waals surface area contributed by atoms with E-state index in [-0.39, 0.29) is 29.9 Å². The number of amides is 2. The quantitative estimate of drug-likeness (QED) is 0.140. The van der Waals surface area contributed by atoms with Crippen LogP contribution in [0, 0.1) is 11.7 Å². The van der Waals surface area contributed by atoms with E-state index in [0.717, 1.165) is 5.56 Å². The average Bonchev–Trinajstić information content (AvgIpc) is 3.76. The van der Waals surface area contributed by atoms with Gasteiger partial charge in [-0.05, 0) is 117 Å². The standard InChI is InChI=1S/C40H40FN5O7S/c1-40(2,3)53-39(48)45-17-14-24(15-18-45)22-46(54(49)50)23-28-20-33-31(34(37(47)42-4)35(51-33)25-10-12-29(41)13-11-25)21-30(28)26-7-5-8-27(19-26)38-44-36-32(52-38)9-6-16-43-36/h5-13,16,19-21,24H,14-15,17-18,22-23H2,1-4H3,(H,42,47)(H,49,50). The third-order valence-electron chi connectivity index (χ3n) is 9.36. The molecule has 0 radical (unpaired) electrons. The summed E-state index contributed by atoms with van der Waals surface area (Å²) in [6.07, 6.45) is 2.54. The molecule has 3 aromatic carbocycles. The molecule has 3 aromatic heterocycles. The molecule has 0 aliphatic carbocycles. The first-order chi connectivity index (χ1) is 25.9. The maximum absolute atomic E-state index is 13.9. The molecule has 14 heteroatoms. The van der Waals surface area contributed by atoms with Crippen molar-refractivity contribution in [2.24, 2.45) is 5.92 Å². The molecule has 7 rings (SSSR count). The van der Waals surface area contributed by atoms with Gasteiger partial charge in [0.2, 0.25) is 17.2 Å². The Morgan fingerprint density at radius 2 is 1.74 bits per heavy atom. The molecule has 2 amide bonds. The van der Waals surface area contributed by atoms with Crippen molar-refractivity contribution in [2.75, 3.05) is 26.7 Å². The summed E-state index contributed by atoms with van der Waals surface area (Å²) < 4.78 is 56.9. The highest BCUT2D eigenvalue weighted by Crippen LogP contribution is 2.39. The number of hydrogen-bond acceptors (Lipinski definition) is 8. The second-order valence-corrected chi connectivity index (χ2v) is 15.3. The molecule has 1 saturated heterocycles. The Morgan fingerprint density at radius 3 is 2.43 bits per heavy atom. The van der Waals surface area contributed by atoms with E-state index in [1.807, 2.05) is 51.1 Å². The van der Waals surface area contributed by atoms with Crippen LogP contribution in [0.2, 0.25) is 0 Å². The van der Waals surface area contributed by atoms with Crippen molar-refractivity contribution >= 4 is 45.5 Å². The molecule has 280 valence electrons. The Kier molecular flexibility index (Phi) is 10.3. The number of likely N-dealkylation sites (tertiary alicyclic amines) is 1. The minimum absolute atomic E-state index is 0.0385. The maximum Gasteiger partial charge on any atom is 0.410 e. The van der Waals surface area contributed by atoms with Crippen LogP contribution >= 0.6 is 0 Å². The first-order valence-corrected chi connectivity index (χ1v) is 18.7. The molecule has 2 N–H and O–H groups in total. The number of nitrogens with one attached hydrogen (secondary N) is 1. The second-order valence-electron chi connectivity index (χ2n) is 14.3. The zero-order valence-electron chi connectivity index (χ0n) is 30.3. The molecule has 12 nitrogen and oxygen atoms in total. The van der Waals surface area contributed by atoms with E-state index >= 15 is 0 Å². The van der Waals surface area contributed by atoms with Crippen molar-refractivity contribution < 1.29 is 36.3 Å². The zero-order chi connectivity index (χ0) is 38.1. The van der Waals surface area contributed by atoms with Gasteiger partial charge in [0.05, 0.1) is 5.56 Å². The number of benzene rings is 3. The molecule has 1 aliphatic heterocycles. The van der Waals surface area contributed by atoms with Crippen molar-refractivity contribution in [3.63, 3.8) is 0 Å². The predicted molar refractivity (Wildman–Crippen MR) is 203 cm³/mol. The summed E-state index contributed by atoms with van der Waals surface area (Å²) in [5.74, 6) is -0.147. The summed E-state index contributed by atoms with van der Waals surface area (Å²) in [4.78, 5) is 36.6. The van der Waals surface area contributed by atoms with E-state index in [2.05, 4.69) is 15.3 Å². The Balaban J connectivity index is 1.28. The van der Waals surface area contributed by atoms with Gasteiger partial charge in [0.25, 0.3) is 5.91 Å². The van der Waals surface area contributed by atoms with Gasteiger partial charge in [-0.15, -0.1) is 0 Å². The number of furan rings is 1. The fraction of sp³-hybridized carbons (Fsp3) is 0.300. The van der Waals surface area contributed by atoms with Crippen LogP contribution in [0.3, 0.4) is 0 Å². The number of pyridine rings is 1. The Morgan fingerprint density at radius 1 is 1.00 bits per heavy atom. The van der Waals surface area contributed by atoms with Crippen molar-refractivity contribution in [1.29, 1.82) is 0 Å². The van der Waals surface area contributed by atoms with Crippen LogP contribution in [0.15, 0.2) is 87.8 Å². The molecule has 0 saturated carbocycles. The summed E-state index contributed by atoms with van der Waals surface area (Å²) in [7, 11) is 1.52. The lowest BCUT2D eigenvalue weighted by Gasteiger charge is -2.34. The van der Waals surface area contributed by atoms with Gasteiger partial charge in [-0.1, -0.05) is 12.1 Å². The van der Waals surface area contributed by atoms with Crippen LogP contribution in [0.4, 0.5) is 9.18 Å². The van der Waals surface area contributed by atoms with Crippen LogP contribution in [-0.2, 0) is 22.5 Å². The molecule has 6 aromatic rings. The molecule has 0 bridgehead atoms. The Hall–Kier alpha value is -5.44. The van der Waals surface area contributed by atoms with Gasteiger partial charge < -0.3 is 23.8 Å². The smallest absolute Gasteiger partial charge is 0.410 e. The predicted octanol–water partition coefficient (Wildman–Crippen LogP) is 8.05. The number of piperidine rings is 1. The zero-order valence-corrected chi connectivity index (χ0v) is 31.1. The number of halogens is 1. The first kappa shape index (κ1) is 36.9. The highest BCUT2D eigenvalue weighted by atomic mass is 32.2. The molecule has 1 fully saturated rings. The summed E-state index contributed by atoms with van der Waals surface area (Å²) in [6, 6.07) is 20.4.